The summed E-state index contributed by atoms with van der Waals surface area (Å²) >= 11 is 0. The summed E-state index contributed by atoms with van der Waals surface area (Å²) in [7, 11) is 0. The summed E-state index contributed by atoms with van der Waals surface area (Å²) in [5, 5.41) is 0. The molecule has 0 fully saturated rings. The SMILES string of the molecule is O.O.O.[K+].[Na+].[OH-].[OH-]. The smallest absolute Gasteiger partial charge is 0.870 e. The normalized spacial score (nSPS) is 0. The van der Waals surface area contributed by atoms with E-state index in [1.807, 2.05) is 0 Å². The second-order valence-corrected chi connectivity index (χ2v) is 0. The molecule has 0 aromatic rings. The van der Waals surface area contributed by atoms with Gasteiger partial charge in [0.15, 0.2) is 0 Å². The first-order valence-electron chi connectivity index (χ1n) is 0. The Balaban J connectivity index is 0. The molecule has 0 rings (SSSR count). The van der Waals surface area contributed by atoms with E-state index in [2.05, 4.69) is 0 Å². The zero-order chi connectivity index (χ0) is 0. The third-order valence-electron chi connectivity index (χ3n) is 0. The van der Waals surface area contributed by atoms with Crippen molar-refractivity contribution in [2.45, 2.75) is 0 Å². The first kappa shape index (κ1) is 113. The van der Waals surface area contributed by atoms with Crippen LogP contribution >= 0.6 is 0 Å². The molecule has 8 N–H and O–H groups in total. The van der Waals surface area contributed by atoms with E-state index in [-0.39, 0.29) is 108 Å². The molecule has 0 saturated carbocycles. The van der Waals surface area contributed by atoms with Crippen LogP contribution in [0.5, 0.6) is 0 Å². The quantitative estimate of drug-likeness (QED) is 0.314. The van der Waals surface area contributed by atoms with Gasteiger partial charge in [0.2, 0.25) is 0 Å². The molecule has 0 saturated heterocycles. The molecule has 0 aliphatic rings. The molecule has 0 unspecified atom stereocenters. The topological polar surface area (TPSA) is 154 Å². The third-order valence-corrected chi connectivity index (χ3v) is 0. The van der Waals surface area contributed by atoms with Crippen LogP contribution in [0.2, 0.25) is 0 Å². The molecule has 7 heteroatoms. The van der Waals surface area contributed by atoms with Crippen molar-refractivity contribution in [3.05, 3.63) is 0 Å². The van der Waals surface area contributed by atoms with Crippen LogP contribution in [0.4, 0.5) is 0 Å². The molecule has 0 amide bonds. The Morgan fingerprint density at radius 1 is 0.571 bits per heavy atom. The van der Waals surface area contributed by atoms with E-state index in [1.54, 1.807) is 0 Å². The van der Waals surface area contributed by atoms with Crippen molar-refractivity contribution in [2.24, 2.45) is 0 Å². The van der Waals surface area contributed by atoms with Gasteiger partial charge in [-0.15, -0.1) is 0 Å². The van der Waals surface area contributed by atoms with Gasteiger partial charge in [-0.2, -0.15) is 0 Å². The predicted octanol–water partition coefficient (Wildman–Crippen LogP) is -8.82. The summed E-state index contributed by atoms with van der Waals surface area (Å²) in [6.07, 6.45) is 0. The van der Waals surface area contributed by atoms with E-state index in [4.69, 9.17) is 0 Å². The summed E-state index contributed by atoms with van der Waals surface area (Å²) in [5.41, 5.74) is 0. The largest absolute Gasteiger partial charge is 1.00 e. The Labute approximate surface area is 106 Å². The molecule has 0 heterocycles. The van der Waals surface area contributed by atoms with Crippen LogP contribution in [0.15, 0.2) is 0 Å². The molecular weight excluding hydrogens is 142 g/mol. The fraction of sp³-hybridized carbons (Fsp3) is 0. The van der Waals surface area contributed by atoms with Crippen LogP contribution in [0.3, 0.4) is 0 Å². The number of hydrogen-bond donors (Lipinski definition) is 0. The summed E-state index contributed by atoms with van der Waals surface area (Å²) in [5.74, 6) is 0. The minimum absolute atomic E-state index is 0. The maximum absolute atomic E-state index is 0. The number of hydrogen-bond acceptors (Lipinski definition) is 2. The molecule has 0 aliphatic heterocycles. The van der Waals surface area contributed by atoms with Crippen molar-refractivity contribution in [3.63, 3.8) is 0 Å². The van der Waals surface area contributed by atoms with Gasteiger partial charge < -0.3 is 27.4 Å². The second-order valence-electron chi connectivity index (χ2n) is 0. The Morgan fingerprint density at radius 2 is 0.571 bits per heavy atom. The molecule has 0 aliphatic carbocycles. The zero-order valence-corrected chi connectivity index (χ0v) is 9.52. The van der Waals surface area contributed by atoms with Gasteiger partial charge in [-0.3, -0.25) is 0 Å². The van der Waals surface area contributed by atoms with Gasteiger partial charge in [0, 0.05) is 0 Å². The molecule has 0 bridgehead atoms. The van der Waals surface area contributed by atoms with Crippen LogP contribution in [-0.2, 0) is 0 Å². The maximum Gasteiger partial charge on any atom is 1.00 e. The fourth-order valence-corrected chi connectivity index (χ4v) is 0. The van der Waals surface area contributed by atoms with E-state index in [0.29, 0.717) is 0 Å². The average Bonchev–Trinajstić information content (AvgIpc) is 0. The molecule has 7 heavy (non-hydrogen) atoms. The maximum atomic E-state index is 0. The molecule has 5 nitrogen and oxygen atoms in total. The summed E-state index contributed by atoms with van der Waals surface area (Å²) in [4.78, 5) is 0. The number of rotatable bonds is 0. The van der Waals surface area contributed by atoms with Crippen molar-refractivity contribution in [2.75, 3.05) is 0 Å². The third kappa shape index (κ3) is 58.9. The molecule has 0 aromatic carbocycles. The Kier molecular flexibility index (Phi) is 1270. The van der Waals surface area contributed by atoms with Crippen LogP contribution in [0, 0.1) is 0 Å². The molecule has 0 aromatic heterocycles. The Morgan fingerprint density at radius 3 is 0.571 bits per heavy atom. The van der Waals surface area contributed by atoms with Gasteiger partial charge in [0.25, 0.3) is 0 Å². The van der Waals surface area contributed by atoms with Crippen molar-refractivity contribution in [3.8, 4) is 0 Å². The van der Waals surface area contributed by atoms with Gasteiger partial charge >= 0.3 is 80.9 Å². The van der Waals surface area contributed by atoms with E-state index in [1.165, 1.54) is 0 Å². The van der Waals surface area contributed by atoms with Crippen LogP contribution < -0.4 is 80.9 Å². The first-order valence-corrected chi connectivity index (χ1v) is 0. The minimum Gasteiger partial charge on any atom is -0.870 e. The second kappa shape index (κ2) is 78.6. The fourth-order valence-electron chi connectivity index (χ4n) is 0. The summed E-state index contributed by atoms with van der Waals surface area (Å²) < 4.78 is 0. The van der Waals surface area contributed by atoms with E-state index < -0.39 is 0 Å². The molecule has 0 radical (unpaired) electrons. The van der Waals surface area contributed by atoms with E-state index in [0.717, 1.165) is 0 Å². The standard InChI is InChI=1S/K.Na.5H2O/h;;5*1H2/q2*+1;;;;;/p-2. The summed E-state index contributed by atoms with van der Waals surface area (Å²) in [6, 6.07) is 0. The van der Waals surface area contributed by atoms with E-state index >= 15 is 0 Å². The van der Waals surface area contributed by atoms with Crippen molar-refractivity contribution >= 4 is 0 Å². The molecule has 40 valence electrons. The van der Waals surface area contributed by atoms with Gasteiger partial charge in [-0.25, -0.2) is 0 Å². The van der Waals surface area contributed by atoms with Crippen LogP contribution in [-0.4, -0.2) is 27.4 Å². The molecule has 0 atom stereocenters. The summed E-state index contributed by atoms with van der Waals surface area (Å²) in [6.45, 7) is 0. The Bertz CT molecular complexity index is 8.04. The molecular formula is H8KNaO5. The Hall–Kier alpha value is 2.44. The van der Waals surface area contributed by atoms with Gasteiger partial charge in [0.05, 0.1) is 0 Å². The van der Waals surface area contributed by atoms with Crippen molar-refractivity contribution in [1.82, 2.24) is 0 Å². The van der Waals surface area contributed by atoms with Gasteiger partial charge in [0.1, 0.15) is 0 Å². The predicted molar refractivity (Wildman–Crippen MR) is 14.7 cm³/mol. The van der Waals surface area contributed by atoms with Crippen molar-refractivity contribution in [1.29, 1.82) is 0 Å². The average molecular weight is 150 g/mol. The van der Waals surface area contributed by atoms with Crippen molar-refractivity contribution < 1.29 is 108 Å². The minimum atomic E-state index is 0. The first-order chi connectivity index (χ1) is 0. The van der Waals surface area contributed by atoms with Gasteiger partial charge in [-0.1, -0.05) is 0 Å². The zero-order valence-electron chi connectivity index (χ0n) is 4.39. The monoisotopic (exact) mass is 150 g/mol. The van der Waals surface area contributed by atoms with E-state index in [9.17, 15) is 0 Å². The van der Waals surface area contributed by atoms with Crippen LogP contribution in [0.1, 0.15) is 0 Å². The molecule has 0 spiro atoms. The van der Waals surface area contributed by atoms with Gasteiger partial charge in [-0.05, 0) is 0 Å². The van der Waals surface area contributed by atoms with Crippen LogP contribution in [0.25, 0.3) is 0 Å².